The molecule has 53 heavy (non-hydrogen) atoms. The molecule has 0 fully saturated rings. The molecule has 0 aliphatic rings. The van der Waals surface area contributed by atoms with Gasteiger partial charge in [0.25, 0.3) is 0 Å². The molecule has 11 rings (SSSR count). The van der Waals surface area contributed by atoms with Gasteiger partial charge in [-0.3, -0.25) is 0 Å². The standard InChI is InChI=1S/C49H29N3O/c1-2-10-30(11-3-1)38-15-8-17-41-40(38)16-9-18-43(41)49-51-47(34-23-21-32-28-44-42-14-6-7-19-45(42)53-46(44)29-36(32)27-34)50-48(52-49)35-24-25-39-33(26-35)22-20-31-12-4-5-13-37(31)39/h1-29H. The topological polar surface area (TPSA) is 51.8 Å². The molecule has 4 nitrogen and oxygen atoms in total. The Morgan fingerprint density at radius 2 is 0.887 bits per heavy atom. The van der Waals surface area contributed by atoms with Gasteiger partial charge in [-0.2, -0.15) is 0 Å². The Morgan fingerprint density at radius 3 is 1.74 bits per heavy atom. The van der Waals surface area contributed by atoms with Gasteiger partial charge in [0.15, 0.2) is 17.5 Å². The maximum atomic E-state index is 6.26. The zero-order valence-electron chi connectivity index (χ0n) is 28.5. The Kier molecular flexibility index (Phi) is 6.52. The molecular formula is C49H29N3O. The summed E-state index contributed by atoms with van der Waals surface area (Å²) in [6.45, 7) is 0. The van der Waals surface area contributed by atoms with E-state index in [4.69, 9.17) is 19.4 Å². The Hall–Kier alpha value is -7.17. The fourth-order valence-corrected chi connectivity index (χ4v) is 7.89. The minimum Gasteiger partial charge on any atom is -0.456 e. The van der Waals surface area contributed by atoms with Crippen molar-refractivity contribution in [1.82, 2.24) is 15.0 Å². The molecule has 0 spiro atoms. The molecule has 2 heterocycles. The summed E-state index contributed by atoms with van der Waals surface area (Å²) in [5.41, 5.74) is 6.91. The van der Waals surface area contributed by atoms with Gasteiger partial charge in [0, 0.05) is 27.5 Å². The number of rotatable bonds is 4. The van der Waals surface area contributed by atoms with E-state index in [1.807, 2.05) is 12.1 Å². The highest BCUT2D eigenvalue weighted by Gasteiger charge is 2.17. The van der Waals surface area contributed by atoms with Gasteiger partial charge in [0.1, 0.15) is 11.2 Å². The fraction of sp³-hybridized carbons (Fsp3) is 0. The molecule has 0 saturated carbocycles. The smallest absolute Gasteiger partial charge is 0.164 e. The first-order valence-electron chi connectivity index (χ1n) is 17.8. The second-order valence-electron chi connectivity index (χ2n) is 13.6. The first-order chi connectivity index (χ1) is 26.2. The lowest BCUT2D eigenvalue weighted by atomic mass is 9.95. The van der Waals surface area contributed by atoms with Crippen LogP contribution in [0.4, 0.5) is 0 Å². The Labute approximate surface area is 304 Å². The lowest BCUT2D eigenvalue weighted by molar-refractivity contribution is 0.669. The summed E-state index contributed by atoms with van der Waals surface area (Å²) in [4.78, 5) is 15.6. The molecule has 0 atom stereocenters. The Bertz CT molecular complexity index is 3240. The van der Waals surface area contributed by atoms with Gasteiger partial charge in [0.2, 0.25) is 0 Å². The van der Waals surface area contributed by atoms with Crippen molar-refractivity contribution < 1.29 is 4.42 Å². The maximum absolute atomic E-state index is 6.26. The molecule has 0 N–H and O–H groups in total. The molecule has 4 heteroatoms. The molecular weight excluding hydrogens is 647 g/mol. The first kappa shape index (κ1) is 29.5. The average Bonchev–Trinajstić information content (AvgIpc) is 3.59. The van der Waals surface area contributed by atoms with Gasteiger partial charge in [-0.1, -0.05) is 146 Å². The van der Waals surface area contributed by atoms with E-state index in [0.29, 0.717) is 17.5 Å². The van der Waals surface area contributed by atoms with Crippen LogP contribution in [-0.2, 0) is 0 Å². The van der Waals surface area contributed by atoms with E-state index in [9.17, 15) is 0 Å². The number of furan rings is 1. The van der Waals surface area contributed by atoms with Gasteiger partial charge in [-0.05, 0) is 84.5 Å². The molecule has 11 aromatic rings. The minimum absolute atomic E-state index is 0.617. The van der Waals surface area contributed by atoms with Crippen molar-refractivity contribution in [1.29, 1.82) is 0 Å². The van der Waals surface area contributed by atoms with E-state index in [-0.39, 0.29) is 0 Å². The summed E-state index contributed by atoms with van der Waals surface area (Å²) in [6.07, 6.45) is 0. The van der Waals surface area contributed by atoms with E-state index in [1.165, 1.54) is 27.3 Å². The lowest BCUT2D eigenvalue weighted by Crippen LogP contribution is -2.01. The molecule has 0 amide bonds. The summed E-state index contributed by atoms with van der Waals surface area (Å²) >= 11 is 0. The third-order valence-electron chi connectivity index (χ3n) is 10.5. The molecule has 0 aliphatic carbocycles. The van der Waals surface area contributed by atoms with Crippen molar-refractivity contribution >= 4 is 65.0 Å². The Balaban J connectivity index is 1.12. The van der Waals surface area contributed by atoms with Gasteiger partial charge >= 0.3 is 0 Å². The summed E-state index contributed by atoms with van der Waals surface area (Å²) in [6, 6.07) is 61.7. The monoisotopic (exact) mass is 675 g/mol. The number of hydrogen-bond acceptors (Lipinski definition) is 4. The van der Waals surface area contributed by atoms with Gasteiger partial charge < -0.3 is 4.42 Å². The highest BCUT2D eigenvalue weighted by Crippen LogP contribution is 2.37. The maximum Gasteiger partial charge on any atom is 0.164 e. The predicted octanol–water partition coefficient (Wildman–Crippen LogP) is 13.1. The van der Waals surface area contributed by atoms with Crippen molar-refractivity contribution in [3.05, 3.63) is 176 Å². The molecule has 9 aromatic carbocycles. The zero-order valence-corrected chi connectivity index (χ0v) is 28.5. The third kappa shape index (κ3) is 4.88. The minimum atomic E-state index is 0.617. The highest BCUT2D eigenvalue weighted by atomic mass is 16.3. The van der Waals surface area contributed by atoms with Crippen LogP contribution in [0.25, 0.3) is 110 Å². The molecule has 0 radical (unpaired) electrons. The molecule has 0 bridgehead atoms. The number of hydrogen-bond donors (Lipinski definition) is 0. The highest BCUT2D eigenvalue weighted by molar-refractivity contribution is 6.11. The second-order valence-corrected chi connectivity index (χ2v) is 13.6. The SMILES string of the molecule is c1ccc(-c2cccc3c(-c4nc(-c5ccc6cc7c(cc6c5)oc5ccccc57)nc(-c5ccc6c(ccc7ccccc76)c5)n4)cccc23)cc1. The quantitative estimate of drug-likeness (QED) is 0.174. The van der Waals surface area contributed by atoms with Crippen LogP contribution in [-0.4, -0.2) is 15.0 Å². The number of para-hydroxylation sites is 1. The van der Waals surface area contributed by atoms with E-state index in [1.54, 1.807) is 0 Å². The number of fused-ring (bicyclic) bond motifs is 8. The number of nitrogens with zero attached hydrogens (tertiary/aromatic N) is 3. The van der Waals surface area contributed by atoms with Crippen molar-refractivity contribution in [2.24, 2.45) is 0 Å². The van der Waals surface area contributed by atoms with Crippen LogP contribution in [0.15, 0.2) is 180 Å². The summed E-state index contributed by atoms with van der Waals surface area (Å²) in [5.74, 6) is 1.88. The summed E-state index contributed by atoms with van der Waals surface area (Å²) in [7, 11) is 0. The average molecular weight is 676 g/mol. The van der Waals surface area contributed by atoms with Crippen molar-refractivity contribution in [3.63, 3.8) is 0 Å². The van der Waals surface area contributed by atoms with Gasteiger partial charge in [-0.15, -0.1) is 0 Å². The number of aromatic nitrogens is 3. The van der Waals surface area contributed by atoms with Crippen molar-refractivity contribution in [3.8, 4) is 45.3 Å². The van der Waals surface area contributed by atoms with Gasteiger partial charge in [0.05, 0.1) is 0 Å². The van der Waals surface area contributed by atoms with Crippen LogP contribution in [0, 0.1) is 0 Å². The molecule has 246 valence electrons. The fourth-order valence-electron chi connectivity index (χ4n) is 7.89. The molecule has 0 saturated heterocycles. The van der Waals surface area contributed by atoms with Crippen LogP contribution < -0.4 is 0 Å². The van der Waals surface area contributed by atoms with Crippen LogP contribution in [0.3, 0.4) is 0 Å². The molecule has 2 aromatic heterocycles. The second kappa shape index (κ2) is 11.7. The van der Waals surface area contributed by atoms with E-state index >= 15 is 0 Å². The van der Waals surface area contributed by atoms with Crippen LogP contribution in [0.5, 0.6) is 0 Å². The first-order valence-corrected chi connectivity index (χ1v) is 17.8. The van der Waals surface area contributed by atoms with E-state index in [2.05, 4.69) is 164 Å². The molecule has 0 unspecified atom stereocenters. The largest absolute Gasteiger partial charge is 0.456 e. The Morgan fingerprint density at radius 1 is 0.283 bits per heavy atom. The van der Waals surface area contributed by atoms with Crippen molar-refractivity contribution in [2.75, 3.05) is 0 Å². The third-order valence-corrected chi connectivity index (χ3v) is 10.5. The van der Waals surface area contributed by atoms with Crippen LogP contribution in [0.2, 0.25) is 0 Å². The predicted molar refractivity (Wildman–Crippen MR) is 219 cm³/mol. The summed E-state index contributed by atoms with van der Waals surface area (Å²) in [5, 5.41) is 11.5. The summed E-state index contributed by atoms with van der Waals surface area (Å²) < 4.78 is 6.26. The number of benzene rings is 9. The molecule has 0 aliphatic heterocycles. The normalized spacial score (nSPS) is 11.8. The van der Waals surface area contributed by atoms with E-state index < -0.39 is 0 Å². The van der Waals surface area contributed by atoms with Crippen molar-refractivity contribution in [2.45, 2.75) is 0 Å². The lowest BCUT2D eigenvalue weighted by Gasteiger charge is -2.13. The van der Waals surface area contributed by atoms with Crippen LogP contribution in [0.1, 0.15) is 0 Å². The van der Waals surface area contributed by atoms with Crippen LogP contribution >= 0.6 is 0 Å². The van der Waals surface area contributed by atoms with E-state index in [0.717, 1.165) is 65.6 Å². The van der Waals surface area contributed by atoms with Gasteiger partial charge in [-0.25, -0.2) is 15.0 Å². The zero-order chi connectivity index (χ0) is 34.9.